The maximum absolute atomic E-state index is 12.3. The van der Waals surface area contributed by atoms with Gasteiger partial charge in [0.2, 0.25) is 0 Å². The van der Waals surface area contributed by atoms with Gasteiger partial charge in [-0.15, -0.1) is 0 Å². The maximum atomic E-state index is 12.3. The van der Waals surface area contributed by atoms with Crippen molar-refractivity contribution in [2.45, 2.75) is 13.0 Å². The molecule has 0 fully saturated rings. The molecule has 4 heteroatoms. The average molecular weight is 241 g/mol. The van der Waals surface area contributed by atoms with Crippen molar-refractivity contribution in [2.24, 2.45) is 0 Å². The van der Waals surface area contributed by atoms with Crippen molar-refractivity contribution in [2.75, 3.05) is 12.3 Å². The van der Waals surface area contributed by atoms with Crippen molar-refractivity contribution < 1.29 is 4.79 Å². The highest BCUT2D eigenvalue weighted by molar-refractivity contribution is 5.98. The van der Waals surface area contributed by atoms with Gasteiger partial charge < -0.3 is 15.6 Å². The summed E-state index contributed by atoms with van der Waals surface area (Å²) < 4.78 is 0. The topological polar surface area (TPSA) is 62.1 Å². The van der Waals surface area contributed by atoms with Crippen LogP contribution in [0.15, 0.2) is 36.5 Å². The number of aromatic amines is 1. The summed E-state index contributed by atoms with van der Waals surface area (Å²) in [6.07, 6.45) is 2.60. The number of nitrogen functional groups attached to an aromatic ring is 1. The molecule has 0 atom stereocenters. The third-order valence-electron chi connectivity index (χ3n) is 3.43. The number of carbonyl (C=O) groups is 1. The van der Waals surface area contributed by atoms with Crippen LogP contribution in [-0.4, -0.2) is 22.3 Å². The molecular weight excluding hydrogens is 226 g/mol. The lowest BCUT2D eigenvalue weighted by molar-refractivity contribution is 0.0736. The van der Waals surface area contributed by atoms with Crippen molar-refractivity contribution >= 4 is 11.7 Å². The Morgan fingerprint density at radius 3 is 2.72 bits per heavy atom. The van der Waals surface area contributed by atoms with Gasteiger partial charge >= 0.3 is 0 Å². The standard InChI is InChI=1S/C14H15N3O/c15-13-12(5-7-16-13)14(18)17-8-6-10-3-1-2-4-11(10)9-17/h1-5,7,16H,6,8-9,15H2. The van der Waals surface area contributed by atoms with Gasteiger partial charge in [0.05, 0.1) is 5.56 Å². The second-order valence-electron chi connectivity index (χ2n) is 4.55. The van der Waals surface area contributed by atoms with Crippen molar-refractivity contribution in [3.63, 3.8) is 0 Å². The SMILES string of the molecule is Nc1[nH]ccc1C(=O)N1CCc2ccccc2C1. The molecule has 0 spiro atoms. The zero-order chi connectivity index (χ0) is 12.5. The Kier molecular flexibility index (Phi) is 2.55. The zero-order valence-electron chi connectivity index (χ0n) is 10.0. The Balaban J connectivity index is 1.84. The van der Waals surface area contributed by atoms with Crippen LogP contribution in [0, 0.1) is 0 Å². The van der Waals surface area contributed by atoms with Crippen LogP contribution in [0.25, 0.3) is 0 Å². The van der Waals surface area contributed by atoms with E-state index >= 15 is 0 Å². The molecule has 1 amide bonds. The molecule has 2 aromatic rings. The second-order valence-corrected chi connectivity index (χ2v) is 4.55. The molecule has 1 aliphatic rings. The van der Waals surface area contributed by atoms with Gasteiger partial charge in [0.1, 0.15) is 5.82 Å². The highest BCUT2D eigenvalue weighted by Gasteiger charge is 2.23. The number of benzene rings is 1. The summed E-state index contributed by atoms with van der Waals surface area (Å²) in [5.41, 5.74) is 8.87. The number of anilines is 1. The third kappa shape index (κ3) is 1.76. The molecule has 92 valence electrons. The molecule has 0 saturated carbocycles. The van der Waals surface area contributed by atoms with Gasteiger partial charge in [-0.25, -0.2) is 0 Å². The minimum Gasteiger partial charge on any atom is -0.385 e. The number of hydrogen-bond acceptors (Lipinski definition) is 2. The normalized spacial score (nSPS) is 14.3. The molecule has 0 unspecified atom stereocenters. The maximum Gasteiger partial charge on any atom is 0.257 e. The minimum atomic E-state index is 0.00301. The molecule has 0 bridgehead atoms. The van der Waals surface area contributed by atoms with Crippen molar-refractivity contribution in [3.05, 3.63) is 53.2 Å². The Labute approximate surface area is 105 Å². The van der Waals surface area contributed by atoms with Gasteiger partial charge in [-0.1, -0.05) is 24.3 Å². The van der Waals surface area contributed by atoms with E-state index in [0.29, 0.717) is 17.9 Å². The number of nitrogens with one attached hydrogen (secondary N) is 1. The Morgan fingerprint density at radius 2 is 2.00 bits per heavy atom. The van der Waals surface area contributed by atoms with Crippen LogP contribution in [-0.2, 0) is 13.0 Å². The molecule has 1 aliphatic heterocycles. The van der Waals surface area contributed by atoms with Crippen LogP contribution in [0.3, 0.4) is 0 Å². The number of carbonyl (C=O) groups excluding carboxylic acids is 1. The van der Waals surface area contributed by atoms with Gasteiger partial charge in [0.25, 0.3) is 5.91 Å². The van der Waals surface area contributed by atoms with Crippen molar-refractivity contribution in [1.29, 1.82) is 0 Å². The lowest BCUT2D eigenvalue weighted by Gasteiger charge is -2.28. The Hall–Kier alpha value is -2.23. The van der Waals surface area contributed by atoms with Crippen LogP contribution >= 0.6 is 0 Å². The molecule has 3 N–H and O–H groups in total. The largest absolute Gasteiger partial charge is 0.385 e. The summed E-state index contributed by atoms with van der Waals surface area (Å²) >= 11 is 0. The summed E-state index contributed by atoms with van der Waals surface area (Å²) in [5.74, 6) is 0.446. The van der Waals surface area contributed by atoms with Crippen LogP contribution in [0.5, 0.6) is 0 Å². The first-order chi connectivity index (χ1) is 8.75. The van der Waals surface area contributed by atoms with Crippen molar-refractivity contribution in [3.8, 4) is 0 Å². The minimum absolute atomic E-state index is 0.00301. The number of rotatable bonds is 1. The van der Waals surface area contributed by atoms with Gasteiger partial charge in [-0.05, 0) is 23.6 Å². The first kappa shape index (κ1) is 10.9. The molecular formula is C14H15N3O. The van der Waals surface area contributed by atoms with E-state index in [9.17, 15) is 4.79 Å². The lowest BCUT2D eigenvalue weighted by atomic mass is 9.99. The smallest absolute Gasteiger partial charge is 0.257 e. The Bertz CT molecular complexity index is 588. The molecule has 0 aliphatic carbocycles. The molecule has 18 heavy (non-hydrogen) atoms. The molecule has 1 aromatic heterocycles. The number of amides is 1. The number of aromatic nitrogens is 1. The fourth-order valence-corrected chi connectivity index (χ4v) is 2.41. The number of hydrogen-bond donors (Lipinski definition) is 2. The Morgan fingerprint density at radius 1 is 1.22 bits per heavy atom. The summed E-state index contributed by atoms with van der Waals surface area (Å²) in [6.45, 7) is 1.42. The van der Waals surface area contributed by atoms with Crippen molar-refractivity contribution in [1.82, 2.24) is 9.88 Å². The molecule has 0 radical (unpaired) electrons. The van der Waals surface area contributed by atoms with E-state index in [4.69, 9.17) is 5.73 Å². The number of nitrogens with zero attached hydrogens (tertiary/aromatic N) is 1. The van der Waals surface area contributed by atoms with E-state index in [1.807, 2.05) is 17.0 Å². The van der Waals surface area contributed by atoms with E-state index in [-0.39, 0.29) is 5.91 Å². The fourth-order valence-electron chi connectivity index (χ4n) is 2.41. The van der Waals surface area contributed by atoms with Gasteiger partial charge in [-0.3, -0.25) is 4.79 Å². The first-order valence-electron chi connectivity index (χ1n) is 6.04. The average Bonchev–Trinajstić information content (AvgIpc) is 2.83. The highest BCUT2D eigenvalue weighted by atomic mass is 16.2. The van der Waals surface area contributed by atoms with E-state index in [2.05, 4.69) is 17.1 Å². The van der Waals surface area contributed by atoms with E-state index in [1.165, 1.54) is 11.1 Å². The third-order valence-corrected chi connectivity index (χ3v) is 3.43. The number of fused-ring (bicyclic) bond motifs is 1. The summed E-state index contributed by atoms with van der Waals surface area (Å²) in [7, 11) is 0. The zero-order valence-corrected chi connectivity index (χ0v) is 10.0. The summed E-state index contributed by atoms with van der Waals surface area (Å²) in [6, 6.07) is 9.99. The van der Waals surface area contributed by atoms with Crippen LogP contribution in [0.4, 0.5) is 5.82 Å². The van der Waals surface area contributed by atoms with Crippen LogP contribution in [0.2, 0.25) is 0 Å². The quantitative estimate of drug-likeness (QED) is 0.799. The predicted octanol–water partition coefficient (Wildman–Crippen LogP) is 1.80. The number of nitrogens with two attached hydrogens (primary N) is 1. The summed E-state index contributed by atoms with van der Waals surface area (Å²) in [4.78, 5) is 17.0. The monoisotopic (exact) mass is 241 g/mol. The fraction of sp³-hybridized carbons (Fsp3) is 0.214. The second kappa shape index (κ2) is 4.22. The van der Waals surface area contributed by atoms with Crippen LogP contribution < -0.4 is 5.73 Å². The number of H-pyrrole nitrogens is 1. The van der Waals surface area contributed by atoms with E-state index in [1.54, 1.807) is 12.3 Å². The molecule has 2 heterocycles. The van der Waals surface area contributed by atoms with E-state index in [0.717, 1.165) is 13.0 Å². The van der Waals surface area contributed by atoms with E-state index < -0.39 is 0 Å². The van der Waals surface area contributed by atoms with Gasteiger partial charge in [0.15, 0.2) is 0 Å². The van der Waals surface area contributed by atoms with Gasteiger partial charge in [0, 0.05) is 19.3 Å². The predicted molar refractivity (Wildman–Crippen MR) is 70.1 cm³/mol. The highest BCUT2D eigenvalue weighted by Crippen LogP contribution is 2.21. The van der Waals surface area contributed by atoms with Gasteiger partial charge in [-0.2, -0.15) is 0 Å². The molecule has 4 nitrogen and oxygen atoms in total. The molecule has 3 rings (SSSR count). The lowest BCUT2D eigenvalue weighted by Crippen LogP contribution is -2.36. The molecule has 1 aromatic carbocycles. The summed E-state index contributed by atoms with van der Waals surface area (Å²) in [5, 5.41) is 0. The van der Waals surface area contributed by atoms with Crippen LogP contribution in [0.1, 0.15) is 21.5 Å². The molecule has 0 saturated heterocycles. The first-order valence-corrected chi connectivity index (χ1v) is 6.04.